The molecule has 0 spiro atoms. The third-order valence-electron chi connectivity index (χ3n) is 1.28. The molecule has 0 atom stereocenters. The van der Waals surface area contributed by atoms with Crippen LogP contribution in [0, 0.1) is 0 Å². The Morgan fingerprint density at radius 3 is 3.00 bits per heavy atom. The van der Waals surface area contributed by atoms with Crippen molar-refractivity contribution in [2.45, 2.75) is 5.75 Å². The minimum absolute atomic E-state index is 0.325. The summed E-state index contributed by atoms with van der Waals surface area (Å²) in [6, 6.07) is 5.43. The molecule has 0 fully saturated rings. The molecule has 4 nitrogen and oxygen atoms in total. The van der Waals surface area contributed by atoms with Crippen molar-refractivity contribution in [1.82, 2.24) is 4.98 Å². The molecule has 1 aromatic rings. The lowest BCUT2D eigenvalue weighted by Crippen LogP contribution is -2.05. The van der Waals surface area contributed by atoms with E-state index in [0.717, 1.165) is 5.69 Å². The number of nitrogens with zero attached hydrogens (tertiary/aromatic N) is 2. The van der Waals surface area contributed by atoms with Crippen LogP contribution < -0.4 is 11.5 Å². The Bertz CT molecular complexity index is 315. The molecule has 0 aliphatic carbocycles. The van der Waals surface area contributed by atoms with Crippen molar-refractivity contribution in [3.8, 4) is 0 Å². The lowest BCUT2D eigenvalue weighted by molar-refractivity contribution is 1.19. The first kappa shape index (κ1) is 10.1. The monoisotopic (exact) mass is 216 g/mol. The predicted octanol–water partition coefficient (Wildman–Crippen LogP) is 1.37. The van der Waals surface area contributed by atoms with Crippen LogP contribution in [-0.4, -0.2) is 10.2 Å². The van der Waals surface area contributed by atoms with Crippen LogP contribution in [0.25, 0.3) is 0 Å². The van der Waals surface area contributed by atoms with Gasteiger partial charge in [-0.3, -0.25) is 0 Å². The van der Waals surface area contributed by atoms with Crippen LogP contribution in [0.15, 0.2) is 22.7 Å². The average Bonchev–Trinajstić information content (AvgIpc) is 2.14. The number of aromatic nitrogens is 1. The smallest absolute Gasteiger partial charge is 0.172 e. The lowest BCUT2D eigenvalue weighted by Gasteiger charge is -1.99. The quantitative estimate of drug-likeness (QED) is 0.578. The highest BCUT2D eigenvalue weighted by Gasteiger charge is 1.97. The summed E-state index contributed by atoms with van der Waals surface area (Å²) in [7, 11) is 0. The molecular weight excluding hydrogens is 208 g/mol. The van der Waals surface area contributed by atoms with E-state index in [1.54, 1.807) is 6.07 Å². The summed E-state index contributed by atoms with van der Waals surface area (Å²) in [4.78, 5) is 4.08. The molecule has 70 valence electrons. The third-order valence-corrected chi connectivity index (χ3v) is 2.39. The first-order valence-electron chi connectivity index (χ1n) is 3.51. The summed E-state index contributed by atoms with van der Waals surface area (Å²) in [5, 5.41) is 0.325. The Labute approximate surface area is 85.5 Å². The lowest BCUT2D eigenvalue weighted by atomic mass is 10.4. The Morgan fingerprint density at radius 1 is 1.62 bits per heavy atom. The van der Waals surface area contributed by atoms with Crippen LogP contribution in [0.3, 0.4) is 0 Å². The number of amidine groups is 1. The SMILES string of the molecule is N/C(=N\Cl)SCc1cccc(N)n1. The van der Waals surface area contributed by atoms with Gasteiger partial charge in [-0.1, -0.05) is 17.8 Å². The summed E-state index contributed by atoms with van der Waals surface area (Å²) in [6.45, 7) is 0. The van der Waals surface area contributed by atoms with Crippen molar-refractivity contribution < 1.29 is 0 Å². The van der Waals surface area contributed by atoms with Gasteiger partial charge in [0.15, 0.2) is 5.17 Å². The summed E-state index contributed by atoms with van der Waals surface area (Å²) < 4.78 is 3.30. The molecular formula is C7H9ClN4S. The summed E-state index contributed by atoms with van der Waals surface area (Å²) >= 11 is 6.46. The zero-order valence-corrected chi connectivity index (χ0v) is 8.35. The number of pyridine rings is 1. The van der Waals surface area contributed by atoms with Gasteiger partial charge in [0.1, 0.15) is 5.82 Å². The fraction of sp³-hybridized carbons (Fsp3) is 0.143. The second kappa shape index (κ2) is 4.94. The van der Waals surface area contributed by atoms with Crippen molar-refractivity contribution in [1.29, 1.82) is 0 Å². The second-order valence-electron chi connectivity index (χ2n) is 2.27. The van der Waals surface area contributed by atoms with E-state index in [1.165, 1.54) is 11.8 Å². The number of halogens is 1. The van der Waals surface area contributed by atoms with E-state index >= 15 is 0 Å². The zero-order valence-electron chi connectivity index (χ0n) is 6.77. The predicted molar refractivity (Wildman–Crippen MR) is 57.4 cm³/mol. The molecule has 1 rings (SSSR count). The summed E-state index contributed by atoms with van der Waals surface area (Å²) in [5.74, 6) is 1.12. The summed E-state index contributed by atoms with van der Waals surface area (Å²) in [5.41, 5.74) is 11.7. The molecule has 4 N–H and O–H groups in total. The van der Waals surface area contributed by atoms with Gasteiger partial charge in [0, 0.05) is 17.5 Å². The van der Waals surface area contributed by atoms with Gasteiger partial charge in [-0.2, -0.15) is 4.51 Å². The van der Waals surface area contributed by atoms with Crippen LogP contribution in [0.4, 0.5) is 5.82 Å². The average molecular weight is 217 g/mol. The van der Waals surface area contributed by atoms with E-state index in [2.05, 4.69) is 9.50 Å². The molecule has 0 unspecified atom stereocenters. The minimum Gasteiger partial charge on any atom is -0.384 e. The molecule has 1 heterocycles. The molecule has 0 saturated heterocycles. The Morgan fingerprint density at radius 2 is 2.38 bits per heavy atom. The number of anilines is 1. The number of hydrogen-bond acceptors (Lipinski definition) is 4. The first-order valence-corrected chi connectivity index (χ1v) is 4.83. The maximum absolute atomic E-state index is 5.49. The minimum atomic E-state index is 0.325. The zero-order chi connectivity index (χ0) is 9.68. The number of nitrogens with two attached hydrogens (primary N) is 2. The molecule has 13 heavy (non-hydrogen) atoms. The molecule has 0 aromatic carbocycles. The number of nitrogen functional groups attached to an aromatic ring is 1. The Kier molecular flexibility index (Phi) is 3.85. The normalized spacial score (nSPS) is 11.6. The van der Waals surface area contributed by atoms with Crippen LogP contribution in [0.1, 0.15) is 5.69 Å². The topological polar surface area (TPSA) is 77.3 Å². The van der Waals surface area contributed by atoms with Crippen LogP contribution in [0.5, 0.6) is 0 Å². The molecule has 0 radical (unpaired) electrons. The van der Waals surface area contributed by atoms with E-state index in [-0.39, 0.29) is 0 Å². The van der Waals surface area contributed by atoms with Crippen LogP contribution in [-0.2, 0) is 5.75 Å². The van der Waals surface area contributed by atoms with Gasteiger partial charge in [-0.25, -0.2) is 4.98 Å². The first-order chi connectivity index (χ1) is 6.22. The summed E-state index contributed by atoms with van der Waals surface area (Å²) in [6.07, 6.45) is 0. The van der Waals surface area contributed by atoms with Gasteiger partial charge in [0.05, 0.1) is 5.69 Å². The van der Waals surface area contributed by atoms with E-state index in [0.29, 0.717) is 16.7 Å². The van der Waals surface area contributed by atoms with Crippen molar-refractivity contribution in [2.75, 3.05) is 5.73 Å². The Balaban J connectivity index is 2.55. The fourth-order valence-corrected chi connectivity index (χ4v) is 1.40. The molecule has 0 saturated carbocycles. The van der Waals surface area contributed by atoms with Gasteiger partial charge in [-0.15, -0.1) is 0 Å². The van der Waals surface area contributed by atoms with Crippen LogP contribution >= 0.6 is 23.5 Å². The van der Waals surface area contributed by atoms with Crippen LogP contribution in [0.2, 0.25) is 0 Å². The van der Waals surface area contributed by atoms with Gasteiger partial charge >= 0.3 is 0 Å². The van der Waals surface area contributed by atoms with Gasteiger partial charge < -0.3 is 11.5 Å². The molecule has 1 aromatic heterocycles. The van der Waals surface area contributed by atoms with E-state index < -0.39 is 0 Å². The molecule has 0 aliphatic heterocycles. The van der Waals surface area contributed by atoms with Gasteiger partial charge in [-0.05, 0) is 12.1 Å². The van der Waals surface area contributed by atoms with Crippen molar-refractivity contribution >= 4 is 34.5 Å². The fourth-order valence-electron chi connectivity index (χ4n) is 0.751. The molecule has 0 aliphatic rings. The molecule has 0 amide bonds. The highest BCUT2D eigenvalue weighted by Crippen LogP contribution is 2.11. The van der Waals surface area contributed by atoms with Crippen molar-refractivity contribution in [3.05, 3.63) is 23.9 Å². The number of thioether (sulfide) groups is 1. The van der Waals surface area contributed by atoms with Crippen molar-refractivity contribution in [3.63, 3.8) is 0 Å². The molecule has 0 bridgehead atoms. The maximum Gasteiger partial charge on any atom is 0.172 e. The van der Waals surface area contributed by atoms with E-state index in [1.807, 2.05) is 12.1 Å². The van der Waals surface area contributed by atoms with E-state index in [9.17, 15) is 0 Å². The molecule has 6 heteroatoms. The van der Waals surface area contributed by atoms with Gasteiger partial charge in [0.2, 0.25) is 0 Å². The largest absolute Gasteiger partial charge is 0.384 e. The standard InChI is InChI=1S/C7H9ClN4S/c8-12-7(10)13-4-5-2-1-3-6(9)11-5/h1-3H,4H2,(H2,9,11)(H2,10,12). The maximum atomic E-state index is 5.49. The van der Waals surface area contributed by atoms with Gasteiger partial charge in [0.25, 0.3) is 0 Å². The Hall–Kier alpha value is -0.940. The number of rotatable bonds is 2. The third kappa shape index (κ3) is 3.52. The van der Waals surface area contributed by atoms with E-state index in [4.69, 9.17) is 23.2 Å². The second-order valence-corrected chi connectivity index (χ2v) is 3.43. The van der Waals surface area contributed by atoms with Crippen molar-refractivity contribution in [2.24, 2.45) is 10.2 Å². The highest BCUT2D eigenvalue weighted by atomic mass is 35.5. The number of hydrogen-bond donors (Lipinski definition) is 2. The highest BCUT2D eigenvalue weighted by molar-refractivity contribution is 8.13.